The van der Waals surface area contributed by atoms with Crippen molar-refractivity contribution in [3.8, 4) is 0 Å². The Morgan fingerprint density at radius 1 is 1.32 bits per heavy atom. The third kappa shape index (κ3) is 2.89. The zero-order valence-corrected chi connectivity index (χ0v) is 11.0. The highest BCUT2D eigenvalue weighted by molar-refractivity contribution is 5.49. The van der Waals surface area contributed by atoms with Gasteiger partial charge in [-0.3, -0.25) is 10.8 Å². The second-order valence-electron chi connectivity index (χ2n) is 4.49. The van der Waals surface area contributed by atoms with Crippen LogP contribution < -0.4 is 16.2 Å². The smallest absolute Gasteiger partial charge is 0.146 e. The Labute approximate surface area is 112 Å². The van der Waals surface area contributed by atoms with Crippen LogP contribution >= 0.6 is 0 Å². The van der Waals surface area contributed by atoms with E-state index in [1.165, 1.54) is 6.20 Å². The van der Waals surface area contributed by atoms with Crippen LogP contribution in [0.3, 0.4) is 0 Å². The van der Waals surface area contributed by atoms with Crippen molar-refractivity contribution < 1.29 is 4.39 Å². The van der Waals surface area contributed by atoms with Crippen LogP contribution in [0.4, 0.5) is 10.1 Å². The Morgan fingerprint density at radius 2 is 2.11 bits per heavy atom. The van der Waals surface area contributed by atoms with Gasteiger partial charge in [0.1, 0.15) is 5.82 Å². The number of hydrazine groups is 1. The van der Waals surface area contributed by atoms with Crippen molar-refractivity contribution in [2.45, 2.75) is 6.04 Å². The molecule has 0 aliphatic rings. The molecule has 0 radical (unpaired) electrons. The first-order valence-corrected chi connectivity index (χ1v) is 5.96. The average Bonchev–Trinajstić information content (AvgIpc) is 2.42. The molecule has 0 fully saturated rings. The molecule has 1 heterocycles. The molecule has 1 aromatic carbocycles. The monoisotopic (exact) mass is 260 g/mol. The largest absolute Gasteiger partial charge is 0.378 e. The Bertz CT molecular complexity index is 557. The number of rotatable bonds is 4. The van der Waals surface area contributed by atoms with Gasteiger partial charge in [0.05, 0.1) is 12.2 Å². The molecule has 0 spiro atoms. The lowest BCUT2D eigenvalue weighted by Crippen LogP contribution is -2.29. The van der Waals surface area contributed by atoms with Gasteiger partial charge < -0.3 is 4.90 Å². The maximum atomic E-state index is 13.8. The van der Waals surface area contributed by atoms with Crippen molar-refractivity contribution in [2.24, 2.45) is 5.84 Å². The summed E-state index contributed by atoms with van der Waals surface area (Å²) < 4.78 is 13.8. The van der Waals surface area contributed by atoms with Crippen LogP contribution in [-0.4, -0.2) is 19.1 Å². The Balaban J connectivity index is 2.43. The van der Waals surface area contributed by atoms with Gasteiger partial charge in [0.25, 0.3) is 0 Å². The summed E-state index contributed by atoms with van der Waals surface area (Å²) in [6, 6.07) is 9.03. The molecule has 1 aromatic heterocycles. The molecule has 0 bridgehead atoms. The van der Waals surface area contributed by atoms with Crippen LogP contribution in [0.2, 0.25) is 0 Å². The highest BCUT2D eigenvalue weighted by Gasteiger charge is 2.16. The summed E-state index contributed by atoms with van der Waals surface area (Å²) in [4.78, 5) is 5.74. The van der Waals surface area contributed by atoms with E-state index in [1.54, 1.807) is 12.3 Å². The number of hydrogen-bond donors (Lipinski definition) is 2. The second-order valence-corrected chi connectivity index (χ2v) is 4.49. The van der Waals surface area contributed by atoms with E-state index < -0.39 is 6.04 Å². The summed E-state index contributed by atoms with van der Waals surface area (Å²) in [5, 5.41) is 0. The summed E-state index contributed by atoms with van der Waals surface area (Å²) >= 11 is 0. The minimum absolute atomic E-state index is 0.374. The van der Waals surface area contributed by atoms with Crippen LogP contribution in [0.1, 0.15) is 17.2 Å². The number of hydrogen-bond acceptors (Lipinski definition) is 4. The predicted octanol–water partition coefficient (Wildman–Crippen LogP) is 1.84. The molecule has 0 saturated heterocycles. The number of anilines is 1. The fraction of sp³-hybridized carbons (Fsp3) is 0.214. The first kappa shape index (κ1) is 13.5. The van der Waals surface area contributed by atoms with Gasteiger partial charge in [-0.1, -0.05) is 12.1 Å². The van der Waals surface area contributed by atoms with Crippen molar-refractivity contribution >= 4 is 5.69 Å². The maximum absolute atomic E-state index is 13.8. The standard InChI is InChI=1S/C14H17FN4/c1-19(2)11-5-3-4-10(8-11)14(18-16)12-6-7-17-9-13(12)15/h3-9,14,18H,16H2,1-2H3. The third-order valence-corrected chi connectivity index (χ3v) is 3.00. The van der Waals surface area contributed by atoms with E-state index in [0.717, 1.165) is 11.3 Å². The van der Waals surface area contributed by atoms with Gasteiger partial charge in [-0.05, 0) is 23.8 Å². The Morgan fingerprint density at radius 3 is 2.74 bits per heavy atom. The molecule has 1 atom stereocenters. The minimum atomic E-state index is -0.400. The van der Waals surface area contributed by atoms with E-state index in [1.807, 2.05) is 43.3 Å². The van der Waals surface area contributed by atoms with Crippen molar-refractivity contribution in [1.29, 1.82) is 0 Å². The van der Waals surface area contributed by atoms with E-state index >= 15 is 0 Å². The SMILES string of the molecule is CN(C)c1cccc(C(NN)c2ccncc2F)c1. The van der Waals surface area contributed by atoms with Crippen LogP contribution in [0.25, 0.3) is 0 Å². The van der Waals surface area contributed by atoms with Crippen molar-refractivity contribution in [3.05, 3.63) is 59.7 Å². The van der Waals surface area contributed by atoms with Gasteiger partial charge in [-0.25, -0.2) is 9.82 Å². The number of pyridine rings is 1. The lowest BCUT2D eigenvalue weighted by atomic mass is 9.99. The second kappa shape index (κ2) is 5.77. The summed E-state index contributed by atoms with van der Waals surface area (Å²) in [5.41, 5.74) is 5.07. The highest BCUT2D eigenvalue weighted by atomic mass is 19.1. The normalized spacial score (nSPS) is 12.2. The van der Waals surface area contributed by atoms with E-state index in [4.69, 9.17) is 5.84 Å². The summed E-state index contributed by atoms with van der Waals surface area (Å²) in [6.45, 7) is 0. The molecular formula is C14H17FN4. The van der Waals surface area contributed by atoms with Crippen LogP contribution in [-0.2, 0) is 0 Å². The number of benzene rings is 1. The zero-order chi connectivity index (χ0) is 13.8. The van der Waals surface area contributed by atoms with Crippen LogP contribution in [0.15, 0.2) is 42.7 Å². The fourth-order valence-corrected chi connectivity index (χ4v) is 1.97. The quantitative estimate of drug-likeness (QED) is 0.650. The topological polar surface area (TPSA) is 54.2 Å². The molecule has 4 nitrogen and oxygen atoms in total. The predicted molar refractivity (Wildman–Crippen MR) is 74.1 cm³/mol. The van der Waals surface area contributed by atoms with Gasteiger partial charge in [-0.15, -0.1) is 0 Å². The lowest BCUT2D eigenvalue weighted by molar-refractivity contribution is 0.555. The molecule has 0 aliphatic heterocycles. The summed E-state index contributed by atoms with van der Waals surface area (Å²) in [7, 11) is 3.91. The highest BCUT2D eigenvalue weighted by Crippen LogP contribution is 2.25. The molecule has 19 heavy (non-hydrogen) atoms. The summed E-state index contributed by atoms with van der Waals surface area (Å²) in [5.74, 6) is 5.21. The number of nitrogens with two attached hydrogens (primary N) is 1. The molecule has 2 rings (SSSR count). The van der Waals surface area contributed by atoms with Gasteiger partial charge in [0.2, 0.25) is 0 Å². The molecule has 0 saturated carbocycles. The van der Waals surface area contributed by atoms with Gasteiger partial charge in [0.15, 0.2) is 0 Å². The maximum Gasteiger partial charge on any atom is 0.146 e. The van der Waals surface area contributed by atoms with Crippen LogP contribution in [0, 0.1) is 5.82 Å². The van der Waals surface area contributed by atoms with Gasteiger partial charge in [0, 0.05) is 31.5 Å². The first-order chi connectivity index (χ1) is 9.13. The van der Waals surface area contributed by atoms with E-state index in [0.29, 0.717) is 5.56 Å². The Hall–Kier alpha value is -1.98. The molecule has 5 heteroatoms. The van der Waals surface area contributed by atoms with Crippen LogP contribution in [0.5, 0.6) is 0 Å². The molecule has 2 aromatic rings. The van der Waals surface area contributed by atoms with Crippen molar-refractivity contribution in [3.63, 3.8) is 0 Å². The Kier molecular flexibility index (Phi) is 4.09. The molecular weight excluding hydrogens is 243 g/mol. The lowest BCUT2D eigenvalue weighted by Gasteiger charge is -2.20. The molecule has 1 unspecified atom stereocenters. The van der Waals surface area contributed by atoms with Crippen molar-refractivity contribution in [2.75, 3.05) is 19.0 Å². The summed E-state index contributed by atoms with van der Waals surface area (Å²) in [6.07, 6.45) is 2.74. The third-order valence-electron chi connectivity index (χ3n) is 3.00. The van der Waals surface area contributed by atoms with E-state index in [2.05, 4.69) is 10.4 Å². The first-order valence-electron chi connectivity index (χ1n) is 5.96. The zero-order valence-electron chi connectivity index (χ0n) is 11.0. The van der Waals surface area contributed by atoms with Gasteiger partial charge >= 0.3 is 0 Å². The average molecular weight is 260 g/mol. The van der Waals surface area contributed by atoms with E-state index in [9.17, 15) is 4.39 Å². The minimum Gasteiger partial charge on any atom is -0.378 e. The number of nitrogens with one attached hydrogen (secondary N) is 1. The number of nitrogens with zero attached hydrogens (tertiary/aromatic N) is 2. The molecule has 100 valence electrons. The number of halogens is 1. The van der Waals surface area contributed by atoms with Crippen molar-refractivity contribution in [1.82, 2.24) is 10.4 Å². The molecule has 3 N–H and O–H groups in total. The van der Waals surface area contributed by atoms with Gasteiger partial charge in [-0.2, -0.15) is 0 Å². The van der Waals surface area contributed by atoms with E-state index in [-0.39, 0.29) is 5.82 Å². The number of aromatic nitrogens is 1. The fourth-order valence-electron chi connectivity index (χ4n) is 1.97. The molecule has 0 amide bonds. The molecule has 0 aliphatic carbocycles.